The Morgan fingerprint density at radius 1 is 0.840 bits per heavy atom. The molecule has 2 saturated carbocycles. The second kappa shape index (κ2) is 5.87. The van der Waals surface area contributed by atoms with Gasteiger partial charge in [-0.15, -0.1) is 0 Å². The van der Waals surface area contributed by atoms with Gasteiger partial charge in [-0.05, 0) is 66.6 Å². The van der Waals surface area contributed by atoms with Gasteiger partial charge in [-0.3, -0.25) is 9.59 Å². The van der Waals surface area contributed by atoms with Crippen LogP contribution in [0.4, 0.5) is 8.78 Å². The minimum Gasteiger partial charge on any atom is -0.298 e. The van der Waals surface area contributed by atoms with E-state index in [0.29, 0.717) is 23.1 Å². The summed E-state index contributed by atoms with van der Waals surface area (Å²) in [4.78, 5) is 25.5. The van der Waals surface area contributed by atoms with E-state index in [1.165, 1.54) is 6.07 Å². The predicted molar refractivity (Wildman–Crippen MR) is 90.1 cm³/mol. The van der Waals surface area contributed by atoms with E-state index in [1.807, 2.05) is 13.0 Å². The number of hydrogen-bond acceptors (Lipinski definition) is 2. The predicted octanol–water partition coefficient (Wildman–Crippen LogP) is 4.59. The minimum absolute atomic E-state index is 0.0148. The van der Waals surface area contributed by atoms with E-state index in [9.17, 15) is 18.4 Å². The maximum atomic E-state index is 13.6. The third kappa shape index (κ3) is 2.60. The van der Waals surface area contributed by atoms with Crippen LogP contribution in [0.1, 0.15) is 36.3 Å². The van der Waals surface area contributed by atoms with Crippen LogP contribution >= 0.6 is 0 Å². The van der Waals surface area contributed by atoms with Gasteiger partial charge in [-0.2, -0.15) is 0 Å². The lowest BCUT2D eigenvalue weighted by Crippen LogP contribution is -2.35. The molecule has 2 unspecified atom stereocenters. The highest BCUT2D eigenvalue weighted by Gasteiger charge is 2.47. The molecule has 4 rings (SSSR count). The molecule has 2 aliphatic rings. The first-order valence-electron chi connectivity index (χ1n) is 8.59. The lowest BCUT2D eigenvalue weighted by atomic mass is 9.74. The SMILES string of the molecule is Cc1ccc(-c2ccc(F)c(F)c2)cc1C1C(=O)C2CCC(C2)C1=O. The van der Waals surface area contributed by atoms with Crippen LogP contribution in [-0.4, -0.2) is 11.6 Å². The fourth-order valence-corrected chi connectivity index (χ4v) is 4.22. The Balaban J connectivity index is 1.79. The number of carbonyl (C=O) groups excluding carboxylic acids is 2. The Kier molecular flexibility index (Phi) is 3.78. The molecular weight excluding hydrogens is 322 g/mol. The van der Waals surface area contributed by atoms with Crippen LogP contribution in [0.15, 0.2) is 36.4 Å². The summed E-state index contributed by atoms with van der Waals surface area (Å²) in [5, 5.41) is 0. The van der Waals surface area contributed by atoms with Gasteiger partial charge in [0.05, 0.1) is 0 Å². The lowest BCUT2D eigenvalue weighted by Gasteiger charge is -2.27. The number of carbonyl (C=O) groups is 2. The quantitative estimate of drug-likeness (QED) is 0.749. The van der Waals surface area contributed by atoms with Crippen molar-refractivity contribution in [3.63, 3.8) is 0 Å². The van der Waals surface area contributed by atoms with Crippen molar-refractivity contribution in [2.75, 3.05) is 0 Å². The van der Waals surface area contributed by atoms with Crippen LogP contribution in [0.2, 0.25) is 0 Å². The van der Waals surface area contributed by atoms with Crippen molar-refractivity contribution in [1.82, 2.24) is 0 Å². The zero-order valence-corrected chi connectivity index (χ0v) is 13.9. The van der Waals surface area contributed by atoms with Crippen molar-refractivity contribution in [1.29, 1.82) is 0 Å². The number of halogens is 2. The first-order chi connectivity index (χ1) is 12.0. The third-order valence-electron chi connectivity index (χ3n) is 5.65. The van der Waals surface area contributed by atoms with Crippen molar-refractivity contribution in [2.24, 2.45) is 11.8 Å². The van der Waals surface area contributed by atoms with Crippen LogP contribution < -0.4 is 0 Å². The Bertz CT molecular complexity index is 865. The monoisotopic (exact) mass is 340 g/mol. The standard InChI is InChI=1S/C21H18F2O2/c1-11-2-3-12(13-6-7-17(22)18(23)10-13)9-16(11)19-20(24)14-4-5-15(8-14)21(19)25/h2-3,6-7,9-10,14-15,19H,4-5,8H2,1H3. The van der Waals surface area contributed by atoms with Crippen molar-refractivity contribution in [3.05, 3.63) is 59.2 Å². The zero-order chi connectivity index (χ0) is 17.7. The van der Waals surface area contributed by atoms with Gasteiger partial charge in [-0.25, -0.2) is 8.78 Å². The van der Waals surface area contributed by atoms with E-state index < -0.39 is 17.6 Å². The number of hydrogen-bond donors (Lipinski definition) is 0. The van der Waals surface area contributed by atoms with Crippen molar-refractivity contribution in [3.8, 4) is 11.1 Å². The second-order valence-electron chi connectivity index (χ2n) is 7.14. The number of Topliss-reactive ketones (excluding diaryl/α,β-unsaturated/α-hetero) is 2. The third-order valence-corrected chi connectivity index (χ3v) is 5.65. The van der Waals surface area contributed by atoms with Crippen molar-refractivity contribution < 1.29 is 18.4 Å². The van der Waals surface area contributed by atoms with Gasteiger partial charge in [0.15, 0.2) is 23.2 Å². The highest BCUT2D eigenvalue weighted by Crippen LogP contribution is 2.45. The van der Waals surface area contributed by atoms with Crippen LogP contribution in [0.25, 0.3) is 11.1 Å². The number of rotatable bonds is 2. The fourth-order valence-electron chi connectivity index (χ4n) is 4.22. The van der Waals surface area contributed by atoms with E-state index in [4.69, 9.17) is 0 Å². The average Bonchev–Trinajstić information content (AvgIpc) is 3.05. The molecule has 0 aromatic heterocycles. The maximum absolute atomic E-state index is 13.6. The summed E-state index contributed by atoms with van der Waals surface area (Å²) in [7, 11) is 0. The molecule has 0 spiro atoms. The van der Waals surface area contributed by atoms with Gasteiger partial charge in [0.25, 0.3) is 0 Å². The molecule has 2 aromatic rings. The van der Waals surface area contributed by atoms with E-state index in [0.717, 1.165) is 30.5 Å². The van der Waals surface area contributed by atoms with E-state index in [1.54, 1.807) is 12.1 Å². The average molecular weight is 340 g/mol. The summed E-state index contributed by atoms with van der Waals surface area (Å²) in [6, 6.07) is 9.15. The lowest BCUT2D eigenvalue weighted by molar-refractivity contribution is -0.135. The van der Waals surface area contributed by atoms with Gasteiger partial charge in [0, 0.05) is 11.8 Å². The Morgan fingerprint density at radius 2 is 1.44 bits per heavy atom. The van der Waals surface area contributed by atoms with Crippen molar-refractivity contribution >= 4 is 11.6 Å². The van der Waals surface area contributed by atoms with Gasteiger partial charge < -0.3 is 0 Å². The summed E-state index contributed by atoms with van der Waals surface area (Å²) >= 11 is 0. The molecule has 0 N–H and O–H groups in total. The molecule has 4 heteroatoms. The summed E-state index contributed by atoms with van der Waals surface area (Å²) in [5.74, 6) is -2.52. The summed E-state index contributed by atoms with van der Waals surface area (Å²) in [6.45, 7) is 1.88. The molecule has 128 valence electrons. The molecule has 0 aliphatic heterocycles. The van der Waals surface area contributed by atoms with Gasteiger partial charge in [0.2, 0.25) is 0 Å². The van der Waals surface area contributed by atoms with Crippen LogP contribution in [0, 0.1) is 30.4 Å². The molecule has 2 bridgehead atoms. The molecule has 0 heterocycles. The van der Waals surface area contributed by atoms with Crippen LogP contribution in [-0.2, 0) is 9.59 Å². The molecule has 2 aliphatic carbocycles. The molecule has 25 heavy (non-hydrogen) atoms. The summed E-state index contributed by atoms with van der Waals surface area (Å²) in [5.41, 5.74) is 2.78. The molecule has 2 atom stereocenters. The number of fused-ring (bicyclic) bond motifs is 2. The first kappa shape index (κ1) is 16.1. The van der Waals surface area contributed by atoms with Gasteiger partial charge in [-0.1, -0.05) is 18.2 Å². The van der Waals surface area contributed by atoms with Crippen LogP contribution in [0.5, 0.6) is 0 Å². The molecule has 2 nitrogen and oxygen atoms in total. The summed E-state index contributed by atoms with van der Waals surface area (Å²) < 4.78 is 26.7. The zero-order valence-electron chi connectivity index (χ0n) is 13.9. The Hall–Kier alpha value is -2.36. The Morgan fingerprint density at radius 3 is 2.08 bits per heavy atom. The minimum atomic E-state index is -0.914. The van der Waals surface area contributed by atoms with Crippen molar-refractivity contribution in [2.45, 2.75) is 32.1 Å². The van der Waals surface area contributed by atoms with E-state index in [2.05, 4.69) is 0 Å². The molecule has 2 aromatic carbocycles. The smallest absolute Gasteiger partial charge is 0.159 e. The van der Waals surface area contributed by atoms with Crippen LogP contribution in [0.3, 0.4) is 0 Å². The topological polar surface area (TPSA) is 34.1 Å². The normalized spacial score (nSPS) is 25.5. The highest BCUT2D eigenvalue weighted by molar-refractivity contribution is 6.12. The van der Waals surface area contributed by atoms with Gasteiger partial charge in [0.1, 0.15) is 5.92 Å². The Labute approximate surface area is 144 Å². The molecule has 0 saturated heterocycles. The second-order valence-corrected chi connectivity index (χ2v) is 7.14. The number of aryl methyl sites for hydroxylation is 1. The number of ketones is 2. The maximum Gasteiger partial charge on any atom is 0.159 e. The fraction of sp³-hybridized carbons (Fsp3) is 0.333. The van der Waals surface area contributed by atoms with Gasteiger partial charge >= 0.3 is 0 Å². The molecule has 2 fully saturated rings. The highest BCUT2D eigenvalue weighted by atomic mass is 19.2. The first-order valence-corrected chi connectivity index (χ1v) is 8.59. The number of benzene rings is 2. The summed E-state index contributed by atoms with van der Waals surface area (Å²) in [6.07, 6.45) is 2.29. The van der Waals surface area contributed by atoms with E-state index in [-0.39, 0.29) is 23.4 Å². The molecule has 0 amide bonds. The molecule has 0 radical (unpaired) electrons. The largest absolute Gasteiger partial charge is 0.298 e. The van der Waals surface area contributed by atoms with E-state index >= 15 is 0 Å². The molecular formula is C21H18F2O2.